The monoisotopic (exact) mass is 506 g/mol. The van der Waals surface area contributed by atoms with Crippen LogP contribution in [0.3, 0.4) is 0 Å². The lowest BCUT2D eigenvalue weighted by atomic mass is 10.0. The highest BCUT2D eigenvalue weighted by Gasteiger charge is 2.22. The van der Waals surface area contributed by atoms with Gasteiger partial charge in [-0.1, -0.05) is 66.7 Å². The van der Waals surface area contributed by atoms with Gasteiger partial charge in [-0.25, -0.2) is 9.48 Å². The zero-order chi connectivity index (χ0) is 25.9. The first-order valence-corrected chi connectivity index (χ1v) is 12.5. The SMILES string of the molecule is O=c1oc2ccc3ccccc3c2cc1-c1nnc(-c2cc3ccccc3o2)c2nn(-c3ccccc3)cc12. The topological polar surface area (TPSA) is 86.9 Å². The number of benzene rings is 4. The summed E-state index contributed by atoms with van der Waals surface area (Å²) in [5, 5.41) is 18.5. The van der Waals surface area contributed by atoms with Crippen LogP contribution in [0.25, 0.3) is 72.0 Å². The molecular weight excluding hydrogens is 488 g/mol. The third-order valence-electron chi connectivity index (χ3n) is 7.02. The van der Waals surface area contributed by atoms with E-state index in [2.05, 4.69) is 10.2 Å². The molecule has 0 radical (unpaired) electrons. The average molecular weight is 507 g/mol. The number of rotatable bonds is 3. The predicted octanol–water partition coefficient (Wildman–Crippen LogP) is 7.16. The highest BCUT2D eigenvalue weighted by molar-refractivity contribution is 6.07. The number of hydrogen-bond donors (Lipinski definition) is 0. The third kappa shape index (κ3) is 3.37. The van der Waals surface area contributed by atoms with Crippen molar-refractivity contribution in [2.75, 3.05) is 0 Å². The molecular formula is C32H18N4O3. The van der Waals surface area contributed by atoms with Gasteiger partial charge in [0.2, 0.25) is 0 Å². The van der Waals surface area contributed by atoms with Crippen molar-refractivity contribution in [1.29, 1.82) is 0 Å². The van der Waals surface area contributed by atoms with Gasteiger partial charge in [-0.3, -0.25) is 0 Å². The smallest absolute Gasteiger partial charge is 0.345 e. The largest absolute Gasteiger partial charge is 0.454 e. The molecule has 0 bridgehead atoms. The fraction of sp³-hybridized carbons (Fsp3) is 0. The van der Waals surface area contributed by atoms with Crippen LogP contribution in [0.1, 0.15) is 0 Å². The molecule has 0 unspecified atom stereocenters. The summed E-state index contributed by atoms with van der Waals surface area (Å²) in [6.45, 7) is 0. The molecule has 7 nitrogen and oxygen atoms in total. The van der Waals surface area contributed by atoms with Crippen molar-refractivity contribution >= 4 is 43.6 Å². The second kappa shape index (κ2) is 8.22. The first-order chi connectivity index (χ1) is 19.2. The number of furan rings is 1. The molecule has 7 heteroatoms. The number of hydrogen-bond acceptors (Lipinski definition) is 6. The van der Waals surface area contributed by atoms with Gasteiger partial charge < -0.3 is 8.83 Å². The van der Waals surface area contributed by atoms with E-state index in [1.165, 1.54) is 0 Å². The molecule has 0 aliphatic rings. The third-order valence-corrected chi connectivity index (χ3v) is 7.02. The summed E-state index contributed by atoms with van der Waals surface area (Å²) >= 11 is 0. The van der Waals surface area contributed by atoms with E-state index < -0.39 is 5.63 Å². The van der Waals surface area contributed by atoms with Crippen LogP contribution in [-0.4, -0.2) is 20.0 Å². The standard InChI is InChI=1S/C32H18N4O3/c37-32-24(17-23-22-12-6-4-8-19(22)14-15-27(23)39-32)29-25-18-36(21-10-2-1-3-11-21)35-30(25)31(34-33-29)28-16-20-9-5-7-13-26(20)38-28/h1-18H. The zero-order valence-electron chi connectivity index (χ0n) is 20.4. The molecule has 8 rings (SSSR count). The minimum absolute atomic E-state index is 0.320. The van der Waals surface area contributed by atoms with Gasteiger partial charge in [-0.15, -0.1) is 10.2 Å². The van der Waals surface area contributed by atoms with E-state index in [-0.39, 0.29) is 0 Å². The van der Waals surface area contributed by atoms with Crippen LogP contribution in [0.4, 0.5) is 0 Å². The molecule has 0 aliphatic carbocycles. The Morgan fingerprint density at radius 3 is 2.26 bits per heavy atom. The van der Waals surface area contributed by atoms with E-state index in [0.29, 0.717) is 39.2 Å². The fourth-order valence-corrected chi connectivity index (χ4v) is 5.14. The van der Waals surface area contributed by atoms with Gasteiger partial charge in [0.15, 0.2) is 11.5 Å². The van der Waals surface area contributed by atoms with Crippen molar-refractivity contribution in [3.8, 4) is 28.4 Å². The van der Waals surface area contributed by atoms with Crippen molar-refractivity contribution < 1.29 is 8.83 Å². The second-order valence-electron chi connectivity index (χ2n) is 9.36. The van der Waals surface area contributed by atoms with E-state index in [9.17, 15) is 4.79 Å². The Balaban J connectivity index is 1.42. The van der Waals surface area contributed by atoms with E-state index in [1.54, 1.807) is 4.68 Å². The average Bonchev–Trinajstić information content (AvgIpc) is 3.62. The van der Waals surface area contributed by atoms with Crippen LogP contribution in [0.2, 0.25) is 0 Å². The molecule has 4 aromatic heterocycles. The molecule has 0 aliphatic heterocycles. The summed E-state index contributed by atoms with van der Waals surface area (Å²) in [6, 6.07) is 33.1. The summed E-state index contributed by atoms with van der Waals surface area (Å²) < 4.78 is 13.7. The van der Waals surface area contributed by atoms with Gasteiger partial charge in [-0.2, -0.15) is 5.10 Å². The summed E-state index contributed by atoms with van der Waals surface area (Å²) in [5.74, 6) is 0.551. The Bertz CT molecular complexity index is 2230. The normalized spacial score (nSPS) is 11.7. The minimum Gasteiger partial charge on any atom is -0.454 e. The molecule has 0 saturated heterocycles. The van der Waals surface area contributed by atoms with Gasteiger partial charge in [0, 0.05) is 17.0 Å². The van der Waals surface area contributed by atoms with Gasteiger partial charge in [0.25, 0.3) is 0 Å². The highest BCUT2D eigenvalue weighted by Crippen LogP contribution is 2.35. The number of nitrogens with zero attached hydrogens (tertiary/aromatic N) is 4. The first-order valence-electron chi connectivity index (χ1n) is 12.5. The zero-order valence-corrected chi connectivity index (χ0v) is 20.4. The van der Waals surface area contributed by atoms with Crippen molar-refractivity contribution in [2.24, 2.45) is 0 Å². The molecule has 8 aromatic rings. The lowest BCUT2D eigenvalue weighted by molar-refractivity contribution is 0.563. The van der Waals surface area contributed by atoms with Crippen molar-refractivity contribution in [3.05, 3.63) is 120 Å². The molecule has 4 heterocycles. The summed E-state index contributed by atoms with van der Waals surface area (Å²) in [4.78, 5) is 13.3. The lowest BCUT2D eigenvalue weighted by Gasteiger charge is -2.06. The molecule has 184 valence electrons. The van der Waals surface area contributed by atoms with E-state index >= 15 is 0 Å². The van der Waals surface area contributed by atoms with Crippen LogP contribution in [0.5, 0.6) is 0 Å². The summed E-state index contributed by atoms with van der Waals surface area (Å²) in [7, 11) is 0. The van der Waals surface area contributed by atoms with Gasteiger partial charge >= 0.3 is 5.63 Å². The van der Waals surface area contributed by atoms with Crippen molar-refractivity contribution in [1.82, 2.24) is 20.0 Å². The molecule has 0 amide bonds. The Kier molecular flexibility index (Phi) is 4.54. The maximum atomic E-state index is 13.3. The van der Waals surface area contributed by atoms with E-state index in [0.717, 1.165) is 32.8 Å². The Morgan fingerprint density at radius 2 is 1.38 bits per heavy atom. The van der Waals surface area contributed by atoms with Gasteiger partial charge in [-0.05, 0) is 47.2 Å². The van der Waals surface area contributed by atoms with Crippen molar-refractivity contribution in [2.45, 2.75) is 0 Å². The molecule has 0 spiro atoms. The molecule has 39 heavy (non-hydrogen) atoms. The van der Waals surface area contributed by atoms with Crippen LogP contribution < -0.4 is 5.63 Å². The summed E-state index contributed by atoms with van der Waals surface area (Å²) in [6.07, 6.45) is 1.87. The number of para-hydroxylation sites is 2. The second-order valence-corrected chi connectivity index (χ2v) is 9.36. The minimum atomic E-state index is -0.489. The van der Waals surface area contributed by atoms with Gasteiger partial charge in [0.1, 0.15) is 22.4 Å². The maximum Gasteiger partial charge on any atom is 0.345 e. The highest BCUT2D eigenvalue weighted by atomic mass is 16.4. The molecule has 4 aromatic carbocycles. The molecule has 0 N–H and O–H groups in total. The number of aromatic nitrogens is 4. The molecule has 0 fully saturated rings. The maximum absolute atomic E-state index is 13.3. The van der Waals surface area contributed by atoms with Gasteiger partial charge in [0.05, 0.1) is 16.6 Å². The Hall–Kier alpha value is -5.56. The Labute approximate surface area is 220 Å². The van der Waals surface area contributed by atoms with Crippen LogP contribution in [0, 0.1) is 0 Å². The summed E-state index contributed by atoms with van der Waals surface area (Å²) in [5.41, 5.74) is 3.43. The Morgan fingerprint density at radius 1 is 0.615 bits per heavy atom. The van der Waals surface area contributed by atoms with E-state index in [4.69, 9.17) is 13.9 Å². The van der Waals surface area contributed by atoms with E-state index in [1.807, 2.05) is 109 Å². The molecule has 0 saturated carbocycles. The van der Waals surface area contributed by atoms with Crippen LogP contribution in [0.15, 0.2) is 123 Å². The molecule has 0 atom stereocenters. The lowest BCUT2D eigenvalue weighted by Crippen LogP contribution is -2.05. The van der Waals surface area contributed by atoms with Crippen LogP contribution in [-0.2, 0) is 0 Å². The number of fused-ring (bicyclic) bond motifs is 5. The van der Waals surface area contributed by atoms with Crippen LogP contribution >= 0.6 is 0 Å². The quantitative estimate of drug-likeness (QED) is 0.187. The fourth-order valence-electron chi connectivity index (χ4n) is 5.14. The predicted molar refractivity (Wildman–Crippen MR) is 151 cm³/mol. The van der Waals surface area contributed by atoms with Crippen molar-refractivity contribution in [3.63, 3.8) is 0 Å². The first kappa shape index (κ1) is 21.5.